The standard InChI is InChI=1S/C21H24N2O4S2/c24-20(23(25)16-6-7-16)21(12-14-22-15-13-21)29(26,27)19-10-8-18(9-11-19)28-17-4-2-1-3-5-17/h1-5,8-11,16,22,25H,6-7,12-15H2. The maximum atomic E-state index is 13.6. The molecule has 2 aliphatic rings. The summed E-state index contributed by atoms with van der Waals surface area (Å²) in [4.78, 5) is 15.2. The molecule has 0 spiro atoms. The van der Waals surface area contributed by atoms with Gasteiger partial charge in [-0.05, 0) is 75.2 Å². The van der Waals surface area contributed by atoms with Crippen LogP contribution in [-0.4, -0.2) is 48.5 Å². The minimum absolute atomic E-state index is 0.120. The molecule has 8 heteroatoms. The van der Waals surface area contributed by atoms with Gasteiger partial charge in [0.25, 0.3) is 5.91 Å². The van der Waals surface area contributed by atoms with E-state index < -0.39 is 20.5 Å². The van der Waals surface area contributed by atoms with E-state index in [1.165, 1.54) is 0 Å². The lowest BCUT2D eigenvalue weighted by atomic mass is 9.95. The van der Waals surface area contributed by atoms with Crippen molar-refractivity contribution in [1.82, 2.24) is 10.4 Å². The number of amides is 1. The number of rotatable bonds is 6. The predicted molar refractivity (Wildman–Crippen MR) is 111 cm³/mol. The van der Waals surface area contributed by atoms with Crippen LogP contribution in [0, 0.1) is 0 Å². The first-order valence-corrected chi connectivity index (χ1v) is 12.0. The number of carbonyl (C=O) groups is 1. The lowest BCUT2D eigenvalue weighted by Gasteiger charge is -2.37. The first kappa shape index (κ1) is 20.4. The number of hydrogen-bond acceptors (Lipinski definition) is 6. The van der Waals surface area contributed by atoms with Crippen molar-refractivity contribution in [2.45, 2.75) is 51.2 Å². The number of carbonyl (C=O) groups excluding carboxylic acids is 1. The molecule has 1 aliphatic heterocycles. The van der Waals surface area contributed by atoms with Crippen LogP contribution in [0.25, 0.3) is 0 Å². The van der Waals surface area contributed by atoms with Crippen LogP contribution in [-0.2, 0) is 14.6 Å². The molecule has 0 unspecified atom stereocenters. The van der Waals surface area contributed by atoms with Crippen molar-refractivity contribution in [2.24, 2.45) is 0 Å². The summed E-state index contributed by atoms with van der Waals surface area (Å²) in [5.74, 6) is -0.691. The third-order valence-electron chi connectivity index (χ3n) is 5.53. The fraction of sp³-hybridized carbons (Fsp3) is 0.381. The summed E-state index contributed by atoms with van der Waals surface area (Å²) in [6.07, 6.45) is 1.72. The second-order valence-corrected chi connectivity index (χ2v) is 10.9. The van der Waals surface area contributed by atoms with E-state index in [1.54, 1.807) is 36.0 Å². The fourth-order valence-electron chi connectivity index (χ4n) is 3.66. The maximum absolute atomic E-state index is 13.6. The van der Waals surface area contributed by atoms with Crippen molar-refractivity contribution < 1.29 is 18.4 Å². The minimum atomic E-state index is -3.96. The first-order valence-electron chi connectivity index (χ1n) is 9.75. The van der Waals surface area contributed by atoms with E-state index in [0.29, 0.717) is 31.0 Å². The van der Waals surface area contributed by atoms with Gasteiger partial charge in [-0.2, -0.15) is 0 Å². The number of hydrogen-bond donors (Lipinski definition) is 2. The average Bonchev–Trinajstić information content (AvgIpc) is 3.60. The topological polar surface area (TPSA) is 86.7 Å². The summed E-state index contributed by atoms with van der Waals surface area (Å²) in [5, 5.41) is 14.1. The lowest BCUT2D eigenvalue weighted by molar-refractivity contribution is -0.171. The third kappa shape index (κ3) is 3.94. The van der Waals surface area contributed by atoms with Gasteiger partial charge in [0.05, 0.1) is 10.9 Å². The monoisotopic (exact) mass is 432 g/mol. The Hall–Kier alpha value is -1.87. The van der Waals surface area contributed by atoms with Gasteiger partial charge >= 0.3 is 0 Å². The molecule has 154 valence electrons. The van der Waals surface area contributed by atoms with Crippen LogP contribution < -0.4 is 5.32 Å². The largest absolute Gasteiger partial charge is 0.317 e. The van der Waals surface area contributed by atoms with Gasteiger partial charge in [-0.15, -0.1) is 0 Å². The highest BCUT2D eigenvalue weighted by atomic mass is 32.2. The van der Waals surface area contributed by atoms with Gasteiger partial charge in [-0.1, -0.05) is 30.0 Å². The van der Waals surface area contributed by atoms with Crippen molar-refractivity contribution in [1.29, 1.82) is 0 Å². The van der Waals surface area contributed by atoms with Gasteiger partial charge in [0, 0.05) is 9.79 Å². The first-order chi connectivity index (χ1) is 13.9. The maximum Gasteiger partial charge on any atom is 0.268 e. The second-order valence-electron chi connectivity index (χ2n) is 7.52. The van der Waals surface area contributed by atoms with E-state index in [1.807, 2.05) is 30.3 Å². The molecule has 0 radical (unpaired) electrons. The van der Waals surface area contributed by atoms with Gasteiger partial charge in [0.15, 0.2) is 14.6 Å². The average molecular weight is 433 g/mol. The highest BCUT2D eigenvalue weighted by Crippen LogP contribution is 2.39. The van der Waals surface area contributed by atoms with Crippen molar-refractivity contribution in [3.8, 4) is 0 Å². The number of benzene rings is 2. The molecule has 29 heavy (non-hydrogen) atoms. The molecule has 6 nitrogen and oxygen atoms in total. The van der Waals surface area contributed by atoms with Crippen LogP contribution >= 0.6 is 11.8 Å². The molecule has 2 fully saturated rings. The van der Waals surface area contributed by atoms with Crippen LogP contribution in [0.1, 0.15) is 25.7 Å². The van der Waals surface area contributed by atoms with Crippen molar-refractivity contribution in [2.75, 3.05) is 13.1 Å². The van der Waals surface area contributed by atoms with Crippen LogP contribution in [0.15, 0.2) is 69.3 Å². The Morgan fingerprint density at radius 1 is 1.00 bits per heavy atom. The molecular formula is C21H24N2O4S2. The summed E-state index contributed by atoms with van der Waals surface area (Å²) < 4.78 is 25.5. The fourth-order valence-corrected chi connectivity index (χ4v) is 6.51. The summed E-state index contributed by atoms with van der Waals surface area (Å²) >= 11 is 1.54. The SMILES string of the molecule is O=C(N(O)C1CC1)C1(S(=O)(=O)c2ccc(Sc3ccccc3)cc2)CCNCC1. The number of piperidine rings is 1. The van der Waals surface area contributed by atoms with E-state index in [-0.39, 0.29) is 23.8 Å². The highest BCUT2D eigenvalue weighted by molar-refractivity contribution is 7.99. The van der Waals surface area contributed by atoms with Gasteiger partial charge in [-0.3, -0.25) is 10.0 Å². The van der Waals surface area contributed by atoms with Gasteiger partial charge < -0.3 is 5.32 Å². The molecule has 0 bridgehead atoms. The van der Waals surface area contributed by atoms with E-state index in [9.17, 15) is 18.4 Å². The Labute approximate surface area is 175 Å². The van der Waals surface area contributed by atoms with Crippen molar-refractivity contribution in [3.63, 3.8) is 0 Å². The lowest BCUT2D eigenvalue weighted by Crippen LogP contribution is -2.58. The number of nitrogens with zero attached hydrogens (tertiary/aromatic N) is 1. The van der Waals surface area contributed by atoms with E-state index in [2.05, 4.69) is 5.32 Å². The van der Waals surface area contributed by atoms with Gasteiger partial charge in [-0.25, -0.2) is 13.5 Å². The summed E-state index contributed by atoms with van der Waals surface area (Å²) in [6, 6.07) is 16.2. The molecule has 0 atom stereocenters. The van der Waals surface area contributed by atoms with E-state index >= 15 is 0 Å². The molecule has 2 aromatic rings. The normalized spacial score (nSPS) is 18.9. The Morgan fingerprint density at radius 2 is 1.59 bits per heavy atom. The zero-order chi connectivity index (χ0) is 20.5. The Morgan fingerprint density at radius 3 is 2.17 bits per heavy atom. The van der Waals surface area contributed by atoms with E-state index in [4.69, 9.17) is 0 Å². The molecule has 1 amide bonds. The predicted octanol–water partition coefficient (Wildman–Crippen LogP) is 3.11. The minimum Gasteiger partial charge on any atom is -0.317 e. The van der Waals surface area contributed by atoms with Gasteiger partial charge in [0.2, 0.25) is 0 Å². The zero-order valence-electron chi connectivity index (χ0n) is 16.0. The van der Waals surface area contributed by atoms with E-state index in [0.717, 1.165) is 9.79 Å². The molecule has 2 N–H and O–H groups in total. The molecule has 1 saturated carbocycles. The van der Waals surface area contributed by atoms with Crippen molar-refractivity contribution in [3.05, 3.63) is 54.6 Å². The summed E-state index contributed by atoms with van der Waals surface area (Å²) in [7, 11) is -3.96. The van der Waals surface area contributed by atoms with Crippen LogP contribution in [0.2, 0.25) is 0 Å². The summed E-state index contributed by atoms with van der Waals surface area (Å²) in [5.41, 5.74) is 0. The Balaban J connectivity index is 1.63. The number of nitrogens with one attached hydrogen (secondary N) is 1. The number of hydroxylamine groups is 2. The molecule has 1 aliphatic carbocycles. The second kappa shape index (κ2) is 8.10. The quantitative estimate of drug-likeness (QED) is 0.539. The third-order valence-corrected chi connectivity index (χ3v) is 9.05. The van der Waals surface area contributed by atoms with Crippen LogP contribution in [0.5, 0.6) is 0 Å². The molecule has 2 aromatic carbocycles. The number of sulfone groups is 1. The van der Waals surface area contributed by atoms with Crippen LogP contribution in [0.3, 0.4) is 0 Å². The van der Waals surface area contributed by atoms with Crippen molar-refractivity contribution >= 4 is 27.5 Å². The Bertz CT molecular complexity index is 968. The van der Waals surface area contributed by atoms with Crippen LogP contribution in [0.4, 0.5) is 0 Å². The molecule has 1 heterocycles. The molecule has 4 rings (SSSR count). The zero-order valence-corrected chi connectivity index (χ0v) is 17.6. The van der Waals surface area contributed by atoms with Gasteiger partial charge in [0.1, 0.15) is 0 Å². The smallest absolute Gasteiger partial charge is 0.268 e. The Kier molecular flexibility index (Phi) is 5.70. The molecule has 0 aromatic heterocycles. The molecule has 1 saturated heterocycles. The molecular weight excluding hydrogens is 408 g/mol. The highest BCUT2D eigenvalue weighted by Gasteiger charge is 2.55. The summed E-state index contributed by atoms with van der Waals surface area (Å²) in [6.45, 7) is 0.844.